The van der Waals surface area contributed by atoms with Gasteiger partial charge in [0.2, 0.25) is 0 Å². The molecule has 1 aliphatic heterocycles. The van der Waals surface area contributed by atoms with Crippen LogP contribution in [0.1, 0.15) is 13.8 Å². The normalized spacial score (nSPS) is 14.4. The second-order valence-corrected chi connectivity index (χ2v) is 7.52. The molecular formula is C20H22ClN3O5. The highest BCUT2D eigenvalue weighted by atomic mass is 35.5. The van der Waals surface area contributed by atoms with Gasteiger partial charge in [-0.25, -0.2) is 0 Å². The number of hydrogen-bond donors (Lipinski definition) is 1. The predicted molar refractivity (Wildman–Crippen MR) is 111 cm³/mol. The van der Waals surface area contributed by atoms with E-state index in [1.165, 1.54) is 6.07 Å². The van der Waals surface area contributed by atoms with Crippen LogP contribution >= 0.6 is 11.6 Å². The van der Waals surface area contributed by atoms with E-state index in [-0.39, 0.29) is 5.69 Å². The number of carbonyl (C=O) groups is 1. The van der Waals surface area contributed by atoms with Gasteiger partial charge in [-0.1, -0.05) is 11.6 Å². The van der Waals surface area contributed by atoms with Crippen LogP contribution in [0.2, 0.25) is 5.02 Å². The van der Waals surface area contributed by atoms with Crippen molar-refractivity contribution in [1.29, 1.82) is 0 Å². The highest BCUT2D eigenvalue weighted by molar-refractivity contribution is 6.30. The number of rotatable bonds is 6. The monoisotopic (exact) mass is 419 g/mol. The minimum Gasteiger partial charge on any atom is -0.478 e. The fourth-order valence-corrected chi connectivity index (χ4v) is 3.07. The second-order valence-electron chi connectivity index (χ2n) is 7.08. The van der Waals surface area contributed by atoms with Gasteiger partial charge in [0.1, 0.15) is 11.4 Å². The first-order valence-corrected chi connectivity index (χ1v) is 9.51. The standard InChI is InChI=1S/C20H22ClN3O5/c1-20(2,29-16-6-3-14(21)4-7-16)19(25)22-15-5-8-17(18(13-15)24(26)27)23-9-11-28-12-10-23/h3-8,13H,9-12H2,1-2H3,(H,22,25). The van der Waals surface area contributed by atoms with E-state index >= 15 is 0 Å². The van der Waals surface area contributed by atoms with Crippen LogP contribution in [0.5, 0.6) is 5.75 Å². The van der Waals surface area contributed by atoms with Gasteiger partial charge in [0.05, 0.1) is 18.1 Å². The Labute approximate surface area is 173 Å². The fourth-order valence-electron chi connectivity index (χ4n) is 2.94. The van der Waals surface area contributed by atoms with Crippen LogP contribution in [-0.2, 0) is 9.53 Å². The average Bonchev–Trinajstić information content (AvgIpc) is 2.70. The maximum Gasteiger partial charge on any atom is 0.294 e. The Hall–Kier alpha value is -2.84. The summed E-state index contributed by atoms with van der Waals surface area (Å²) in [5.74, 6) is 0.0593. The van der Waals surface area contributed by atoms with Crippen molar-refractivity contribution in [2.45, 2.75) is 19.4 Å². The lowest BCUT2D eigenvalue weighted by molar-refractivity contribution is -0.384. The molecule has 0 atom stereocenters. The topological polar surface area (TPSA) is 93.9 Å². The van der Waals surface area contributed by atoms with Crippen LogP contribution in [-0.4, -0.2) is 42.7 Å². The first-order chi connectivity index (χ1) is 13.8. The number of amides is 1. The zero-order valence-electron chi connectivity index (χ0n) is 16.2. The van der Waals surface area contributed by atoms with Gasteiger partial charge in [-0.3, -0.25) is 14.9 Å². The fraction of sp³-hybridized carbons (Fsp3) is 0.350. The summed E-state index contributed by atoms with van der Waals surface area (Å²) in [7, 11) is 0. The quantitative estimate of drug-likeness (QED) is 0.564. The van der Waals surface area contributed by atoms with Crippen molar-refractivity contribution in [2.24, 2.45) is 0 Å². The molecule has 0 aliphatic carbocycles. The summed E-state index contributed by atoms with van der Waals surface area (Å²) in [6.07, 6.45) is 0. The van der Waals surface area contributed by atoms with E-state index in [1.807, 2.05) is 4.90 Å². The molecule has 2 aromatic rings. The molecule has 9 heteroatoms. The molecule has 0 spiro atoms. The predicted octanol–water partition coefficient (Wildman–Crippen LogP) is 3.88. The molecule has 1 aliphatic rings. The lowest BCUT2D eigenvalue weighted by atomic mass is 10.1. The van der Waals surface area contributed by atoms with Crippen LogP contribution in [0.3, 0.4) is 0 Å². The van der Waals surface area contributed by atoms with E-state index in [2.05, 4.69) is 5.32 Å². The first-order valence-electron chi connectivity index (χ1n) is 9.13. The number of halogens is 1. The maximum atomic E-state index is 12.7. The van der Waals surface area contributed by atoms with E-state index in [0.29, 0.717) is 48.5 Å². The lowest BCUT2D eigenvalue weighted by Crippen LogP contribution is -2.42. The molecule has 29 heavy (non-hydrogen) atoms. The number of hydrogen-bond acceptors (Lipinski definition) is 6. The molecule has 1 heterocycles. The third-order valence-corrected chi connectivity index (χ3v) is 4.77. The van der Waals surface area contributed by atoms with Crippen LogP contribution in [0.15, 0.2) is 42.5 Å². The summed E-state index contributed by atoms with van der Waals surface area (Å²) in [5.41, 5.74) is -0.438. The number of ether oxygens (including phenoxy) is 2. The molecule has 2 aromatic carbocycles. The van der Waals surface area contributed by atoms with Crippen LogP contribution in [0.4, 0.5) is 17.1 Å². The van der Waals surface area contributed by atoms with Crippen molar-refractivity contribution in [3.63, 3.8) is 0 Å². The Morgan fingerprint density at radius 3 is 2.48 bits per heavy atom. The lowest BCUT2D eigenvalue weighted by Gasteiger charge is -2.29. The molecule has 0 bridgehead atoms. The maximum absolute atomic E-state index is 12.7. The average molecular weight is 420 g/mol. The Bertz CT molecular complexity index is 895. The van der Waals surface area contributed by atoms with Crippen molar-refractivity contribution in [3.05, 3.63) is 57.6 Å². The van der Waals surface area contributed by atoms with E-state index in [0.717, 1.165) is 0 Å². The Balaban J connectivity index is 1.76. The van der Waals surface area contributed by atoms with E-state index in [1.54, 1.807) is 50.2 Å². The van der Waals surface area contributed by atoms with Gasteiger partial charge in [0, 0.05) is 29.9 Å². The summed E-state index contributed by atoms with van der Waals surface area (Å²) >= 11 is 5.86. The minimum atomic E-state index is -1.20. The number of nitrogens with one attached hydrogen (secondary N) is 1. The van der Waals surface area contributed by atoms with E-state index in [4.69, 9.17) is 21.1 Å². The molecule has 1 fully saturated rings. The van der Waals surface area contributed by atoms with Crippen LogP contribution < -0.4 is 15.0 Å². The Morgan fingerprint density at radius 2 is 1.86 bits per heavy atom. The Kier molecular flexibility index (Phi) is 6.24. The summed E-state index contributed by atoms with van der Waals surface area (Å²) in [4.78, 5) is 25.7. The van der Waals surface area contributed by atoms with Gasteiger partial charge in [-0.05, 0) is 50.2 Å². The third-order valence-electron chi connectivity index (χ3n) is 4.52. The molecule has 1 amide bonds. The summed E-state index contributed by atoms with van der Waals surface area (Å²) in [6.45, 7) is 5.43. The largest absolute Gasteiger partial charge is 0.478 e. The number of nitro groups is 1. The highest BCUT2D eigenvalue weighted by Crippen LogP contribution is 2.32. The molecule has 3 rings (SSSR count). The van der Waals surface area contributed by atoms with Gasteiger partial charge >= 0.3 is 0 Å². The van der Waals surface area contributed by atoms with Crippen LogP contribution in [0, 0.1) is 10.1 Å². The zero-order chi connectivity index (χ0) is 21.0. The van der Waals surface area contributed by atoms with Crippen molar-refractivity contribution < 1.29 is 19.2 Å². The van der Waals surface area contributed by atoms with Crippen LogP contribution in [0.25, 0.3) is 0 Å². The molecule has 8 nitrogen and oxygen atoms in total. The minimum absolute atomic E-state index is 0.0684. The Morgan fingerprint density at radius 1 is 1.21 bits per heavy atom. The molecule has 0 saturated carbocycles. The van der Waals surface area contributed by atoms with Gasteiger partial charge in [0.25, 0.3) is 11.6 Å². The van der Waals surface area contributed by atoms with Gasteiger partial charge < -0.3 is 19.7 Å². The number of carbonyl (C=O) groups excluding carboxylic acids is 1. The number of morpholine rings is 1. The summed E-state index contributed by atoms with van der Waals surface area (Å²) < 4.78 is 11.1. The van der Waals surface area contributed by atoms with Gasteiger partial charge in [-0.2, -0.15) is 0 Å². The summed E-state index contributed by atoms with van der Waals surface area (Å²) in [5, 5.41) is 14.8. The van der Waals surface area contributed by atoms with Gasteiger partial charge in [-0.15, -0.1) is 0 Å². The number of nitro benzene ring substituents is 1. The highest BCUT2D eigenvalue weighted by Gasteiger charge is 2.31. The number of benzene rings is 2. The zero-order valence-corrected chi connectivity index (χ0v) is 16.9. The van der Waals surface area contributed by atoms with Crippen molar-refractivity contribution in [3.8, 4) is 5.75 Å². The molecule has 154 valence electrons. The van der Waals surface area contributed by atoms with E-state index in [9.17, 15) is 14.9 Å². The molecule has 0 aromatic heterocycles. The molecule has 0 unspecified atom stereocenters. The SMILES string of the molecule is CC(C)(Oc1ccc(Cl)cc1)C(=O)Nc1ccc(N2CCOCC2)c([N+](=O)[O-])c1. The molecular weight excluding hydrogens is 398 g/mol. The van der Waals surface area contributed by atoms with E-state index < -0.39 is 16.4 Å². The molecule has 1 N–H and O–H groups in total. The van der Waals surface area contributed by atoms with Crippen molar-refractivity contribution in [1.82, 2.24) is 0 Å². The molecule has 0 radical (unpaired) electrons. The van der Waals surface area contributed by atoms with Gasteiger partial charge in [0.15, 0.2) is 5.60 Å². The first kappa shape index (κ1) is 20.9. The third kappa shape index (κ3) is 5.16. The number of anilines is 2. The van der Waals surface area contributed by atoms with Crippen molar-refractivity contribution in [2.75, 3.05) is 36.5 Å². The second kappa shape index (κ2) is 8.67. The number of nitrogens with zero attached hydrogens (tertiary/aromatic N) is 2. The smallest absolute Gasteiger partial charge is 0.294 e. The van der Waals surface area contributed by atoms with Crippen molar-refractivity contribution >= 4 is 34.6 Å². The molecule has 1 saturated heterocycles. The summed E-state index contributed by atoms with van der Waals surface area (Å²) in [6, 6.07) is 11.3.